The van der Waals surface area contributed by atoms with Gasteiger partial charge in [0.2, 0.25) is 0 Å². The molecule has 0 saturated carbocycles. The molecular weight excluding hydrogens is 316 g/mol. The number of carbonyl (C=O) groups is 1. The summed E-state index contributed by atoms with van der Waals surface area (Å²) in [5.41, 5.74) is 1.04. The average Bonchev–Trinajstić information content (AvgIpc) is 2.76. The predicted octanol–water partition coefficient (Wildman–Crippen LogP) is 3.45. The van der Waals surface area contributed by atoms with Gasteiger partial charge in [-0.3, -0.25) is 0 Å². The molecule has 0 radical (unpaired) electrons. The molecule has 0 fully saturated rings. The van der Waals surface area contributed by atoms with E-state index in [2.05, 4.69) is 25.9 Å². The van der Waals surface area contributed by atoms with Crippen molar-refractivity contribution in [2.75, 3.05) is 6.61 Å². The molecule has 0 unspecified atom stereocenters. The number of aryl methyl sites for hydroxylation is 1. The van der Waals surface area contributed by atoms with Crippen LogP contribution in [0, 0.1) is 6.92 Å². The number of halogens is 1. The van der Waals surface area contributed by atoms with E-state index in [1.165, 1.54) is 6.20 Å². The van der Waals surface area contributed by atoms with E-state index in [-0.39, 0.29) is 5.97 Å². The van der Waals surface area contributed by atoms with Gasteiger partial charge in [0.15, 0.2) is 5.82 Å². The highest BCUT2D eigenvalue weighted by molar-refractivity contribution is 9.11. The Hall–Kier alpha value is -1.27. The maximum Gasteiger partial charge on any atom is 0.341 e. The Morgan fingerprint density at radius 3 is 2.83 bits per heavy atom. The fourth-order valence-corrected chi connectivity index (χ4v) is 2.76. The lowest BCUT2D eigenvalue weighted by Crippen LogP contribution is -2.09. The molecule has 0 aromatic carbocycles. The standard InChI is InChI=1S/C12H11BrN2O2S/c1-3-17-12(16)8-6-14-11(15-7(8)2)9-4-5-10(13)18-9/h4-6H,3H2,1-2H3. The molecule has 0 amide bonds. The summed E-state index contributed by atoms with van der Waals surface area (Å²) in [4.78, 5) is 21.1. The lowest BCUT2D eigenvalue weighted by molar-refractivity contribution is 0.0524. The second kappa shape index (κ2) is 5.58. The number of aromatic nitrogens is 2. The molecule has 0 spiro atoms. The van der Waals surface area contributed by atoms with Crippen LogP contribution in [0.5, 0.6) is 0 Å². The molecule has 6 heteroatoms. The first-order valence-corrected chi connectivity index (χ1v) is 6.99. The van der Waals surface area contributed by atoms with Gasteiger partial charge in [0.25, 0.3) is 0 Å². The van der Waals surface area contributed by atoms with Crippen LogP contribution in [0.4, 0.5) is 0 Å². The van der Waals surface area contributed by atoms with E-state index in [9.17, 15) is 4.79 Å². The molecule has 0 atom stereocenters. The summed E-state index contributed by atoms with van der Waals surface area (Å²) in [6.45, 7) is 3.89. The fraction of sp³-hybridized carbons (Fsp3) is 0.250. The number of thiophene rings is 1. The van der Waals surface area contributed by atoms with Crippen molar-refractivity contribution in [3.63, 3.8) is 0 Å². The molecule has 0 N–H and O–H groups in total. The Kier molecular flexibility index (Phi) is 4.08. The zero-order valence-corrected chi connectivity index (χ0v) is 12.3. The van der Waals surface area contributed by atoms with Gasteiger partial charge in [-0.2, -0.15) is 0 Å². The summed E-state index contributed by atoms with van der Waals surface area (Å²) in [5, 5.41) is 0. The topological polar surface area (TPSA) is 52.1 Å². The van der Waals surface area contributed by atoms with Crippen molar-refractivity contribution in [3.8, 4) is 10.7 Å². The first-order valence-electron chi connectivity index (χ1n) is 5.38. The Morgan fingerprint density at radius 2 is 2.28 bits per heavy atom. The van der Waals surface area contributed by atoms with Gasteiger partial charge in [-0.25, -0.2) is 14.8 Å². The third kappa shape index (κ3) is 2.76. The van der Waals surface area contributed by atoms with Gasteiger partial charge < -0.3 is 4.74 Å². The monoisotopic (exact) mass is 326 g/mol. The molecule has 2 heterocycles. The van der Waals surface area contributed by atoms with Crippen molar-refractivity contribution in [2.45, 2.75) is 13.8 Å². The average molecular weight is 327 g/mol. The van der Waals surface area contributed by atoms with Crippen LogP contribution in [0.2, 0.25) is 0 Å². The molecule has 0 aliphatic carbocycles. The summed E-state index contributed by atoms with van der Waals surface area (Å²) in [6, 6.07) is 3.88. The molecule has 0 saturated heterocycles. The van der Waals surface area contributed by atoms with Gasteiger partial charge in [-0.1, -0.05) is 0 Å². The maximum atomic E-state index is 11.6. The van der Waals surface area contributed by atoms with Crippen molar-refractivity contribution < 1.29 is 9.53 Å². The number of esters is 1. The summed E-state index contributed by atoms with van der Waals surface area (Å²) in [6.07, 6.45) is 1.52. The highest BCUT2D eigenvalue weighted by atomic mass is 79.9. The van der Waals surface area contributed by atoms with E-state index in [0.29, 0.717) is 23.7 Å². The third-order valence-electron chi connectivity index (χ3n) is 2.27. The smallest absolute Gasteiger partial charge is 0.341 e. The van der Waals surface area contributed by atoms with Crippen molar-refractivity contribution in [1.29, 1.82) is 0 Å². The number of rotatable bonds is 3. The number of hydrogen-bond donors (Lipinski definition) is 0. The lowest BCUT2D eigenvalue weighted by Gasteiger charge is -2.05. The molecule has 2 aromatic heterocycles. The number of nitrogens with zero attached hydrogens (tertiary/aromatic N) is 2. The molecule has 2 rings (SSSR count). The van der Waals surface area contributed by atoms with E-state index in [1.54, 1.807) is 25.2 Å². The van der Waals surface area contributed by atoms with Gasteiger partial charge >= 0.3 is 5.97 Å². The van der Waals surface area contributed by atoms with Crippen LogP contribution in [-0.4, -0.2) is 22.5 Å². The largest absolute Gasteiger partial charge is 0.462 e. The second-order valence-electron chi connectivity index (χ2n) is 3.52. The van der Waals surface area contributed by atoms with Crippen LogP contribution < -0.4 is 0 Å². The zero-order chi connectivity index (χ0) is 13.1. The molecule has 0 aliphatic rings. The summed E-state index contributed by atoms with van der Waals surface area (Å²) in [7, 11) is 0. The van der Waals surface area contributed by atoms with Gasteiger partial charge in [0, 0.05) is 6.20 Å². The molecule has 2 aromatic rings. The maximum absolute atomic E-state index is 11.6. The minimum absolute atomic E-state index is 0.345. The Labute approximate surface area is 117 Å². The van der Waals surface area contributed by atoms with Gasteiger partial charge in [-0.15, -0.1) is 11.3 Å². The van der Waals surface area contributed by atoms with E-state index >= 15 is 0 Å². The highest BCUT2D eigenvalue weighted by Crippen LogP contribution is 2.29. The molecule has 4 nitrogen and oxygen atoms in total. The predicted molar refractivity (Wildman–Crippen MR) is 73.7 cm³/mol. The molecule has 0 bridgehead atoms. The van der Waals surface area contributed by atoms with Crippen molar-refractivity contribution in [3.05, 3.63) is 33.4 Å². The Balaban J connectivity index is 2.33. The van der Waals surface area contributed by atoms with Gasteiger partial charge in [0.05, 0.1) is 26.5 Å². The number of hydrogen-bond acceptors (Lipinski definition) is 5. The number of ether oxygens (including phenoxy) is 1. The fourth-order valence-electron chi connectivity index (χ4n) is 1.43. The van der Waals surface area contributed by atoms with Crippen molar-refractivity contribution in [1.82, 2.24) is 9.97 Å². The van der Waals surface area contributed by atoms with E-state index in [1.807, 2.05) is 12.1 Å². The van der Waals surface area contributed by atoms with Crippen LogP contribution >= 0.6 is 27.3 Å². The second-order valence-corrected chi connectivity index (χ2v) is 5.98. The first-order chi connectivity index (χ1) is 8.61. The number of carbonyl (C=O) groups excluding carboxylic acids is 1. The summed E-state index contributed by atoms with van der Waals surface area (Å²) in [5.74, 6) is 0.241. The van der Waals surface area contributed by atoms with Gasteiger partial charge in [0.1, 0.15) is 0 Å². The van der Waals surface area contributed by atoms with Crippen molar-refractivity contribution >= 4 is 33.2 Å². The molecule has 18 heavy (non-hydrogen) atoms. The highest BCUT2D eigenvalue weighted by Gasteiger charge is 2.14. The van der Waals surface area contributed by atoms with Crippen LogP contribution in [0.3, 0.4) is 0 Å². The third-order valence-corrected chi connectivity index (χ3v) is 3.89. The van der Waals surface area contributed by atoms with Crippen LogP contribution in [0.25, 0.3) is 10.7 Å². The van der Waals surface area contributed by atoms with Crippen LogP contribution in [0.1, 0.15) is 23.0 Å². The van der Waals surface area contributed by atoms with Crippen molar-refractivity contribution in [2.24, 2.45) is 0 Å². The Bertz CT molecular complexity index is 583. The molecular formula is C12H11BrN2O2S. The summed E-state index contributed by atoms with van der Waals surface area (Å²) >= 11 is 4.94. The van der Waals surface area contributed by atoms with E-state index in [0.717, 1.165) is 8.66 Å². The normalized spacial score (nSPS) is 10.4. The molecule has 94 valence electrons. The first kappa shape index (κ1) is 13.2. The van der Waals surface area contributed by atoms with E-state index in [4.69, 9.17) is 4.74 Å². The minimum atomic E-state index is -0.381. The SMILES string of the molecule is CCOC(=O)c1cnc(-c2ccc(Br)s2)nc1C. The summed E-state index contributed by atoms with van der Waals surface area (Å²) < 4.78 is 5.96. The zero-order valence-electron chi connectivity index (χ0n) is 9.94. The molecule has 0 aliphatic heterocycles. The van der Waals surface area contributed by atoms with Gasteiger partial charge in [-0.05, 0) is 41.9 Å². The van der Waals surface area contributed by atoms with Crippen LogP contribution in [-0.2, 0) is 4.74 Å². The lowest BCUT2D eigenvalue weighted by atomic mass is 10.2. The Morgan fingerprint density at radius 1 is 1.50 bits per heavy atom. The quantitative estimate of drug-likeness (QED) is 0.810. The van der Waals surface area contributed by atoms with Crippen LogP contribution in [0.15, 0.2) is 22.1 Å². The van der Waals surface area contributed by atoms with E-state index < -0.39 is 0 Å². The minimum Gasteiger partial charge on any atom is -0.462 e.